The zero-order valence-electron chi connectivity index (χ0n) is 12.3. The maximum atomic E-state index is 12.3. The van der Waals surface area contributed by atoms with Crippen molar-refractivity contribution in [3.05, 3.63) is 52.9 Å². The largest absolute Gasteiger partial charge is 0.469 e. The summed E-state index contributed by atoms with van der Waals surface area (Å²) >= 11 is 5.86. The van der Waals surface area contributed by atoms with Gasteiger partial charge in [0.25, 0.3) is 5.91 Å². The summed E-state index contributed by atoms with van der Waals surface area (Å²) in [5.74, 6) is -0.977. The van der Waals surface area contributed by atoms with Crippen LogP contribution >= 0.6 is 11.6 Å². The molecule has 0 aliphatic rings. The van der Waals surface area contributed by atoms with Crippen LogP contribution in [0.4, 0.5) is 5.82 Å². The fourth-order valence-corrected chi connectivity index (χ4v) is 2.07. The molecule has 0 aliphatic heterocycles. The monoisotopic (exact) mass is 334 g/mol. The van der Waals surface area contributed by atoms with Crippen LogP contribution in [0.25, 0.3) is 0 Å². The molecule has 1 aromatic heterocycles. The molecule has 2 rings (SSSR count). The molecule has 1 atom stereocenters. The average Bonchev–Trinajstić information content (AvgIpc) is 2.55. The number of nitrogens with one attached hydrogen (secondary N) is 1. The van der Waals surface area contributed by atoms with Crippen molar-refractivity contribution in [1.29, 1.82) is 0 Å². The van der Waals surface area contributed by atoms with Crippen LogP contribution in [0.5, 0.6) is 0 Å². The summed E-state index contributed by atoms with van der Waals surface area (Å²) in [6.45, 7) is 0. The van der Waals surface area contributed by atoms with Gasteiger partial charge in [0.1, 0.15) is 0 Å². The summed E-state index contributed by atoms with van der Waals surface area (Å²) in [5, 5.41) is 3.26. The van der Waals surface area contributed by atoms with Crippen molar-refractivity contribution in [2.24, 2.45) is 0 Å². The predicted molar refractivity (Wildman–Crippen MR) is 84.7 cm³/mol. The average molecular weight is 335 g/mol. The minimum Gasteiger partial charge on any atom is -0.469 e. The number of benzene rings is 1. The van der Waals surface area contributed by atoms with Crippen molar-refractivity contribution >= 4 is 29.3 Å². The van der Waals surface area contributed by atoms with Crippen LogP contribution in [0.1, 0.15) is 28.5 Å². The topological polar surface area (TPSA) is 107 Å². The number of hydrogen-bond donors (Lipinski definition) is 2. The van der Waals surface area contributed by atoms with Crippen molar-refractivity contribution in [2.45, 2.75) is 12.5 Å². The van der Waals surface area contributed by atoms with Crippen LogP contribution in [0.3, 0.4) is 0 Å². The molecule has 7 nitrogen and oxygen atoms in total. The van der Waals surface area contributed by atoms with Crippen molar-refractivity contribution in [3.8, 4) is 0 Å². The Balaban J connectivity index is 2.23. The number of nitrogens with zero attached hydrogens (tertiary/aromatic N) is 2. The van der Waals surface area contributed by atoms with Gasteiger partial charge in [0.05, 0.1) is 19.6 Å². The minimum absolute atomic E-state index is 0.00340. The summed E-state index contributed by atoms with van der Waals surface area (Å²) in [6.07, 6.45) is 2.71. The predicted octanol–water partition coefficient (Wildman–Crippen LogP) is 1.75. The Kier molecular flexibility index (Phi) is 5.48. The van der Waals surface area contributed by atoms with Crippen LogP contribution in [-0.2, 0) is 9.53 Å². The first-order valence-electron chi connectivity index (χ1n) is 6.71. The normalized spacial score (nSPS) is 11.6. The van der Waals surface area contributed by atoms with Gasteiger partial charge in [0.15, 0.2) is 11.5 Å². The van der Waals surface area contributed by atoms with E-state index in [1.54, 1.807) is 24.3 Å². The second-order valence-electron chi connectivity index (χ2n) is 4.65. The number of methoxy groups -OCH3 is 1. The highest BCUT2D eigenvalue weighted by atomic mass is 35.5. The van der Waals surface area contributed by atoms with E-state index in [0.717, 1.165) is 0 Å². The third kappa shape index (κ3) is 4.40. The highest BCUT2D eigenvalue weighted by Crippen LogP contribution is 2.21. The van der Waals surface area contributed by atoms with Gasteiger partial charge in [-0.1, -0.05) is 23.7 Å². The molecule has 120 valence electrons. The number of nitrogen functional groups attached to an aromatic ring is 1. The summed E-state index contributed by atoms with van der Waals surface area (Å²) in [6, 6.07) is 6.18. The molecule has 1 amide bonds. The van der Waals surface area contributed by atoms with Crippen LogP contribution in [0.15, 0.2) is 36.7 Å². The number of anilines is 1. The Morgan fingerprint density at radius 2 is 1.91 bits per heavy atom. The van der Waals surface area contributed by atoms with Gasteiger partial charge in [0.2, 0.25) is 0 Å². The number of hydrogen-bond acceptors (Lipinski definition) is 6. The quantitative estimate of drug-likeness (QED) is 0.806. The molecule has 0 saturated carbocycles. The fraction of sp³-hybridized carbons (Fsp3) is 0.200. The lowest BCUT2D eigenvalue weighted by molar-refractivity contribution is -0.141. The van der Waals surface area contributed by atoms with Crippen molar-refractivity contribution < 1.29 is 14.3 Å². The van der Waals surface area contributed by atoms with Crippen molar-refractivity contribution in [1.82, 2.24) is 15.3 Å². The molecule has 0 radical (unpaired) electrons. The van der Waals surface area contributed by atoms with E-state index < -0.39 is 17.9 Å². The summed E-state index contributed by atoms with van der Waals surface area (Å²) in [5.41, 5.74) is 6.34. The smallest absolute Gasteiger partial charge is 0.307 e. The third-order valence-corrected chi connectivity index (χ3v) is 3.37. The Labute approximate surface area is 137 Å². The number of aromatic nitrogens is 2. The molecule has 0 saturated heterocycles. The van der Waals surface area contributed by atoms with E-state index >= 15 is 0 Å². The lowest BCUT2D eigenvalue weighted by Crippen LogP contribution is -2.31. The number of esters is 1. The van der Waals surface area contributed by atoms with Gasteiger partial charge in [-0.05, 0) is 17.7 Å². The third-order valence-electron chi connectivity index (χ3n) is 3.12. The van der Waals surface area contributed by atoms with Gasteiger partial charge in [0, 0.05) is 17.4 Å². The number of rotatable bonds is 5. The van der Waals surface area contributed by atoms with E-state index in [9.17, 15) is 9.59 Å². The number of carbonyl (C=O) groups is 2. The van der Waals surface area contributed by atoms with E-state index in [0.29, 0.717) is 10.6 Å². The molecule has 3 N–H and O–H groups in total. The van der Waals surface area contributed by atoms with Gasteiger partial charge >= 0.3 is 5.97 Å². The highest BCUT2D eigenvalue weighted by Gasteiger charge is 2.21. The number of halogens is 1. The zero-order chi connectivity index (χ0) is 16.8. The first kappa shape index (κ1) is 16.7. The molecule has 23 heavy (non-hydrogen) atoms. The van der Waals surface area contributed by atoms with Crippen LogP contribution in [-0.4, -0.2) is 29.0 Å². The summed E-state index contributed by atoms with van der Waals surface area (Å²) in [7, 11) is 1.28. The van der Waals surface area contributed by atoms with Crippen LogP contribution in [0.2, 0.25) is 5.02 Å². The number of ether oxygens (including phenoxy) is 1. The van der Waals surface area contributed by atoms with Gasteiger partial charge in [-0.2, -0.15) is 0 Å². The van der Waals surface area contributed by atoms with E-state index in [1.165, 1.54) is 19.5 Å². The Morgan fingerprint density at radius 1 is 1.26 bits per heavy atom. The van der Waals surface area contributed by atoms with Gasteiger partial charge in [-0.15, -0.1) is 0 Å². The van der Waals surface area contributed by atoms with Gasteiger partial charge in [-0.3, -0.25) is 9.59 Å². The molecular formula is C15H15ClN4O3. The summed E-state index contributed by atoms with van der Waals surface area (Å²) in [4.78, 5) is 31.6. The Morgan fingerprint density at radius 3 is 2.52 bits per heavy atom. The minimum atomic E-state index is -0.603. The second kappa shape index (κ2) is 7.55. The Bertz CT molecular complexity index is 706. The molecule has 0 bridgehead atoms. The van der Waals surface area contributed by atoms with E-state index in [-0.39, 0.29) is 17.9 Å². The molecule has 1 aromatic carbocycles. The van der Waals surface area contributed by atoms with Crippen LogP contribution < -0.4 is 11.1 Å². The number of carbonyl (C=O) groups excluding carboxylic acids is 2. The van der Waals surface area contributed by atoms with Gasteiger partial charge in [-0.25, -0.2) is 9.97 Å². The second-order valence-corrected chi connectivity index (χ2v) is 5.08. The van der Waals surface area contributed by atoms with Crippen molar-refractivity contribution in [2.75, 3.05) is 12.8 Å². The van der Waals surface area contributed by atoms with E-state index in [2.05, 4.69) is 20.0 Å². The molecule has 2 aromatic rings. The SMILES string of the molecule is COC(=O)CC(NC(=O)c1nccnc1N)c1ccc(Cl)cc1. The molecule has 1 heterocycles. The summed E-state index contributed by atoms with van der Waals surface area (Å²) < 4.78 is 4.67. The lowest BCUT2D eigenvalue weighted by Gasteiger charge is -2.18. The van der Waals surface area contributed by atoms with Crippen molar-refractivity contribution in [3.63, 3.8) is 0 Å². The van der Waals surface area contributed by atoms with E-state index in [4.69, 9.17) is 17.3 Å². The Hall–Kier alpha value is -2.67. The molecule has 0 fully saturated rings. The fourth-order valence-electron chi connectivity index (χ4n) is 1.95. The number of nitrogens with two attached hydrogens (primary N) is 1. The maximum absolute atomic E-state index is 12.3. The molecule has 1 unspecified atom stereocenters. The molecule has 0 spiro atoms. The number of amides is 1. The molecule has 8 heteroatoms. The highest BCUT2D eigenvalue weighted by molar-refractivity contribution is 6.30. The molecule has 0 aliphatic carbocycles. The first-order chi connectivity index (χ1) is 11.0. The maximum Gasteiger partial charge on any atom is 0.307 e. The first-order valence-corrected chi connectivity index (χ1v) is 7.08. The van der Waals surface area contributed by atoms with Crippen LogP contribution in [0, 0.1) is 0 Å². The van der Waals surface area contributed by atoms with Gasteiger partial charge < -0.3 is 15.8 Å². The lowest BCUT2D eigenvalue weighted by atomic mass is 10.0. The zero-order valence-corrected chi connectivity index (χ0v) is 13.1. The molecular weight excluding hydrogens is 320 g/mol. The van der Waals surface area contributed by atoms with E-state index in [1.807, 2.05) is 0 Å². The standard InChI is InChI=1S/C15H15ClN4O3/c1-23-12(21)8-11(9-2-4-10(16)5-3-9)20-15(22)13-14(17)19-7-6-18-13/h2-7,11H,8H2,1H3,(H2,17,19)(H,20,22).